The summed E-state index contributed by atoms with van der Waals surface area (Å²) in [6, 6.07) is 5.91. The molecule has 1 aromatic rings. The normalized spacial score (nSPS) is 14.6. The van der Waals surface area contributed by atoms with Crippen LogP contribution in [0.2, 0.25) is 0 Å². The van der Waals surface area contributed by atoms with E-state index in [1.807, 2.05) is 19.1 Å². The molecule has 0 aliphatic rings. The predicted molar refractivity (Wildman–Crippen MR) is 68.6 cm³/mol. The summed E-state index contributed by atoms with van der Waals surface area (Å²) in [4.78, 5) is 0. The first kappa shape index (κ1) is 14.1. The first-order valence-corrected chi connectivity index (χ1v) is 6.05. The zero-order chi connectivity index (χ0) is 12.8. The van der Waals surface area contributed by atoms with Crippen molar-refractivity contribution in [3.63, 3.8) is 0 Å². The maximum absolute atomic E-state index is 13.4. The minimum absolute atomic E-state index is 0.138. The molecule has 2 unspecified atom stereocenters. The largest absolute Gasteiger partial charge is 0.385 e. The Morgan fingerprint density at radius 3 is 2.65 bits per heavy atom. The number of aryl methyl sites for hydroxylation is 1. The van der Waals surface area contributed by atoms with Crippen molar-refractivity contribution in [3.8, 4) is 0 Å². The lowest BCUT2D eigenvalue weighted by Crippen LogP contribution is -2.30. The number of benzene rings is 1. The summed E-state index contributed by atoms with van der Waals surface area (Å²) >= 11 is 0. The summed E-state index contributed by atoms with van der Waals surface area (Å²) in [5, 5.41) is 3.43. The van der Waals surface area contributed by atoms with Gasteiger partial charge in [0.05, 0.1) is 0 Å². The molecule has 3 heteroatoms. The SMILES string of the molecule is COCCC(C)NC(C)c1ccc(C)c(F)c1. The second-order valence-electron chi connectivity index (χ2n) is 4.58. The molecule has 0 heterocycles. The van der Waals surface area contributed by atoms with E-state index in [0.717, 1.165) is 18.6 Å². The summed E-state index contributed by atoms with van der Waals surface area (Å²) in [6.45, 7) is 6.68. The number of methoxy groups -OCH3 is 1. The summed E-state index contributed by atoms with van der Waals surface area (Å²) < 4.78 is 18.5. The highest BCUT2D eigenvalue weighted by atomic mass is 19.1. The van der Waals surface area contributed by atoms with Crippen LogP contribution in [0.1, 0.15) is 37.4 Å². The van der Waals surface area contributed by atoms with Crippen LogP contribution in [0.3, 0.4) is 0 Å². The number of hydrogen-bond donors (Lipinski definition) is 1. The van der Waals surface area contributed by atoms with Crippen LogP contribution in [0.25, 0.3) is 0 Å². The molecule has 17 heavy (non-hydrogen) atoms. The van der Waals surface area contributed by atoms with Crippen molar-refractivity contribution in [2.45, 2.75) is 39.3 Å². The lowest BCUT2D eigenvalue weighted by atomic mass is 10.0. The molecule has 0 fully saturated rings. The van der Waals surface area contributed by atoms with E-state index in [0.29, 0.717) is 11.6 Å². The van der Waals surface area contributed by atoms with Gasteiger partial charge in [-0.15, -0.1) is 0 Å². The number of hydrogen-bond acceptors (Lipinski definition) is 2. The number of rotatable bonds is 6. The van der Waals surface area contributed by atoms with Crippen LogP contribution >= 0.6 is 0 Å². The molecular formula is C14H22FNO. The quantitative estimate of drug-likeness (QED) is 0.823. The van der Waals surface area contributed by atoms with Crippen LogP contribution in [0, 0.1) is 12.7 Å². The maximum Gasteiger partial charge on any atom is 0.126 e. The molecule has 1 aromatic carbocycles. The average Bonchev–Trinajstić information content (AvgIpc) is 2.30. The van der Waals surface area contributed by atoms with Gasteiger partial charge in [0.1, 0.15) is 5.82 Å². The third-order valence-corrected chi connectivity index (χ3v) is 2.99. The molecule has 0 aliphatic heterocycles. The van der Waals surface area contributed by atoms with E-state index in [9.17, 15) is 4.39 Å². The standard InChI is InChI=1S/C14H22FNO/c1-10-5-6-13(9-14(10)15)12(3)16-11(2)7-8-17-4/h5-6,9,11-12,16H,7-8H2,1-4H3. The lowest BCUT2D eigenvalue weighted by molar-refractivity contribution is 0.183. The Morgan fingerprint density at radius 1 is 1.35 bits per heavy atom. The van der Waals surface area contributed by atoms with Crippen molar-refractivity contribution in [1.82, 2.24) is 5.32 Å². The van der Waals surface area contributed by atoms with Gasteiger partial charge in [-0.3, -0.25) is 0 Å². The van der Waals surface area contributed by atoms with Crippen molar-refractivity contribution in [1.29, 1.82) is 0 Å². The average molecular weight is 239 g/mol. The minimum Gasteiger partial charge on any atom is -0.385 e. The van der Waals surface area contributed by atoms with E-state index in [1.165, 1.54) is 0 Å². The van der Waals surface area contributed by atoms with Crippen LogP contribution in [-0.4, -0.2) is 19.8 Å². The molecule has 0 radical (unpaired) electrons. The van der Waals surface area contributed by atoms with Crippen LogP contribution in [0.4, 0.5) is 4.39 Å². The Bertz CT molecular complexity index is 354. The molecule has 0 bridgehead atoms. The van der Waals surface area contributed by atoms with Crippen LogP contribution in [0.5, 0.6) is 0 Å². The fourth-order valence-corrected chi connectivity index (χ4v) is 1.78. The van der Waals surface area contributed by atoms with Crippen molar-refractivity contribution in [2.75, 3.05) is 13.7 Å². The van der Waals surface area contributed by atoms with Gasteiger partial charge < -0.3 is 10.1 Å². The minimum atomic E-state index is -0.138. The van der Waals surface area contributed by atoms with Gasteiger partial charge in [0.15, 0.2) is 0 Å². The zero-order valence-electron chi connectivity index (χ0n) is 11.1. The molecule has 0 aromatic heterocycles. The monoisotopic (exact) mass is 239 g/mol. The molecule has 0 amide bonds. The van der Waals surface area contributed by atoms with E-state index < -0.39 is 0 Å². The predicted octanol–water partition coefficient (Wildman–Crippen LogP) is 3.21. The third kappa shape index (κ3) is 4.44. The molecule has 0 spiro atoms. The number of ether oxygens (including phenoxy) is 1. The van der Waals surface area contributed by atoms with E-state index in [4.69, 9.17) is 4.74 Å². The Morgan fingerprint density at radius 2 is 2.06 bits per heavy atom. The van der Waals surface area contributed by atoms with Crippen molar-refractivity contribution in [3.05, 3.63) is 35.1 Å². The maximum atomic E-state index is 13.4. The lowest BCUT2D eigenvalue weighted by Gasteiger charge is -2.20. The van der Waals surface area contributed by atoms with E-state index in [1.54, 1.807) is 20.1 Å². The van der Waals surface area contributed by atoms with Crippen LogP contribution in [0.15, 0.2) is 18.2 Å². The molecule has 96 valence electrons. The highest BCUT2D eigenvalue weighted by Crippen LogP contribution is 2.17. The molecule has 2 atom stereocenters. The fourth-order valence-electron chi connectivity index (χ4n) is 1.78. The van der Waals surface area contributed by atoms with Gasteiger partial charge in [0.2, 0.25) is 0 Å². The molecule has 2 nitrogen and oxygen atoms in total. The van der Waals surface area contributed by atoms with Gasteiger partial charge in [-0.2, -0.15) is 0 Å². The van der Waals surface area contributed by atoms with Crippen molar-refractivity contribution >= 4 is 0 Å². The Balaban J connectivity index is 2.57. The Kier molecular flexibility index (Phi) is 5.59. The van der Waals surface area contributed by atoms with E-state index >= 15 is 0 Å². The van der Waals surface area contributed by atoms with Crippen molar-refractivity contribution in [2.24, 2.45) is 0 Å². The highest BCUT2D eigenvalue weighted by Gasteiger charge is 2.10. The summed E-state index contributed by atoms with van der Waals surface area (Å²) in [5.74, 6) is -0.138. The molecule has 0 saturated carbocycles. The summed E-state index contributed by atoms with van der Waals surface area (Å²) in [5.41, 5.74) is 1.67. The van der Waals surface area contributed by atoms with E-state index in [-0.39, 0.29) is 11.9 Å². The van der Waals surface area contributed by atoms with Crippen LogP contribution < -0.4 is 5.32 Å². The highest BCUT2D eigenvalue weighted by molar-refractivity contribution is 5.25. The van der Waals surface area contributed by atoms with Gasteiger partial charge in [-0.25, -0.2) is 4.39 Å². The molecular weight excluding hydrogens is 217 g/mol. The molecule has 0 aliphatic carbocycles. The summed E-state index contributed by atoms with van der Waals surface area (Å²) in [7, 11) is 1.70. The topological polar surface area (TPSA) is 21.3 Å². The summed E-state index contributed by atoms with van der Waals surface area (Å²) in [6.07, 6.45) is 0.954. The molecule has 1 rings (SSSR count). The zero-order valence-corrected chi connectivity index (χ0v) is 11.1. The first-order valence-electron chi connectivity index (χ1n) is 6.05. The van der Waals surface area contributed by atoms with Gasteiger partial charge in [-0.1, -0.05) is 12.1 Å². The Labute approximate surface area is 103 Å². The van der Waals surface area contributed by atoms with Crippen molar-refractivity contribution < 1.29 is 9.13 Å². The first-order chi connectivity index (χ1) is 8.04. The van der Waals surface area contributed by atoms with Gasteiger partial charge >= 0.3 is 0 Å². The molecule has 1 N–H and O–H groups in total. The van der Waals surface area contributed by atoms with E-state index in [2.05, 4.69) is 12.2 Å². The second-order valence-corrected chi connectivity index (χ2v) is 4.58. The molecule has 0 saturated heterocycles. The number of nitrogens with one attached hydrogen (secondary N) is 1. The third-order valence-electron chi connectivity index (χ3n) is 2.99. The number of halogens is 1. The van der Waals surface area contributed by atoms with Crippen LogP contribution in [-0.2, 0) is 4.74 Å². The van der Waals surface area contributed by atoms with Gasteiger partial charge in [-0.05, 0) is 44.4 Å². The Hall–Kier alpha value is -0.930. The van der Waals surface area contributed by atoms with Gasteiger partial charge in [0.25, 0.3) is 0 Å². The second kappa shape index (κ2) is 6.72. The van der Waals surface area contributed by atoms with Gasteiger partial charge in [0, 0.05) is 25.8 Å². The smallest absolute Gasteiger partial charge is 0.126 e. The fraction of sp³-hybridized carbons (Fsp3) is 0.571.